The van der Waals surface area contributed by atoms with Crippen LogP contribution in [0.1, 0.15) is 19.8 Å². The number of hydrogen-bond acceptors (Lipinski definition) is 2. The maximum absolute atomic E-state index is 10.9. The Morgan fingerprint density at radius 1 is 1.45 bits per heavy atom. The third-order valence-corrected chi connectivity index (χ3v) is 1.95. The highest BCUT2D eigenvalue weighted by Gasteiger charge is 2.07. The molecule has 0 saturated carbocycles. The van der Waals surface area contributed by atoms with Gasteiger partial charge in [-0.15, -0.1) is 0 Å². The van der Waals surface area contributed by atoms with Gasteiger partial charge >= 0.3 is 0 Å². The van der Waals surface area contributed by atoms with Gasteiger partial charge in [0.05, 0.1) is 0 Å². The Labute approximate surface area is 71.8 Å². The molecule has 1 aliphatic carbocycles. The van der Waals surface area contributed by atoms with Gasteiger partial charge in [0.1, 0.15) is 0 Å². The topological polar surface area (TPSA) is 17.1 Å². The fraction of sp³-hybridized carbons (Fsp3) is 0.333. The lowest BCUT2D eigenvalue weighted by Crippen LogP contribution is -2.05. The number of thiocarbonyl (C=S) groups is 1. The molecule has 0 atom stereocenters. The number of rotatable bonds is 2. The highest BCUT2D eigenvalue weighted by molar-refractivity contribution is 7.81. The van der Waals surface area contributed by atoms with Gasteiger partial charge in [0.2, 0.25) is 0 Å². The van der Waals surface area contributed by atoms with Crippen LogP contribution in [-0.2, 0) is 4.79 Å². The van der Waals surface area contributed by atoms with E-state index in [9.17, 15) is 4.79 Å². The van der Waals surface area contributed by atoms with Crippen molar-refractivity contribution in [2.75, 3.05) is 0 Å². The molecule has 0 aromatic carbocycles. The predicted molar refractivity (Wildman–Crippen MR) is 49.7 cm³/mol. The van der Waals surface area contributed by atoms with Crippen molar-refractivity contribution < 1.29 is 4.79 Å². The second kappa shape index (κ2) is 3.58. The van der Waals surface area contributed by atoms with E-state index in [0.717, 1.165) is 23.3 Å². The molecule has 1 aliphatic rings. The van der Waals surface area contributed by atoms with Crippen molar-refractivity contribution >= 4 is 22.9 Å². The summed E-state index contributed by atoms with van der Waals surface area (Å²) in [5.41, 5.74) is 1.01. The molecule has 0 bridgehead atoms. The molecule has 2 heteroatoms. The Balaban J connectivity index is 2.76. The second-order valence-corrected chi connectivity index (χ2v) is 2.96. The van der Waals surface area contributed by atoms with Crippen molar-refractivity contribution in [2.24, 2.45) is 0 Å². The van der Waals surface area contributed by atoms with E-state index in [1.54, 1.807) is 12.2 Å². The second-order valence-electron chi connectivity index (χ2n) is 2.52. The van der Waals surface area contributed by atoms with Crippen molar-refractivity contribution in [1.29, 1.82) is 0 Å². The van der Waals surface area contributed by atoms with Crippen molar-refractivity contribution in [3.63, 3.8) is 0 Å². The van der Waals surface area contributed by atoms with E-state index in [0.29, 0.717) is 0 Å². The van der Waals surface area contributed by atoms with E-state index >= 15 is 0 Å². The Morgan fingerprint density at radius 3 is 2.82 bits per heavy atom. The summed E-state index contributed by atoms with van der Waals surface area (Å²) in [6, 6.07) is 0. The highest BCUT2D eigenvalue weighted by Crippen LogP contribution is 2.12. The largest absolute Gasteiger partial charge is 0.290 e. The molecule has 0 unspecified atom stereocenters. The van der Waals surface area contributed by atoms with Gasteiger partial charge in [0.15, 0.2) is 5.78 Å². The first-order valence-electron chi connectivity index (χ1n) is 3.71. The van der Waals surface area contributed by atoms with Crippen LogP contribution in [0.25, 0.3) is 0 Å². The van der Waals surface area contributed by atoms with Crippen LogP contribution in [0.5, 0.6) is 0 Å². The van der Waals surface area contributed by atoms with E-state index < -0.39 is 0 Å². The normalized spacial score (nSPS) is 17.0. The third-order valence-electron chi connectivity index (χ3n) is 1.55. The van der Waals surface area contributed by atoms with Gasteiger partial charge < -0.3 is 0 Å². The molecular weight excluding hydrogens is 156 g/mol. The SMILES string of the molecule is CCCC1=CC(=O)C=CC1=S. The first-order valence-corrected chi connectivity index (χ1v) is 4.12. The number of allylic oxidation sites excluding steroid dienone is 4. The zero-order chi connectivity index (χ0) is 8.27. The fourth-order valence-corrected chi connectivity index (χ4v) is 1.25. The maximum Gasteiger partial charge on any atom is 0.179 e. The van der Waals surface area contributed by atoms with Crippen LogP contribution < -0.4 is 0 Å². The van der Waals surface area contributed by atoms with E-state index in [2.05, 4.69) is 6.92 Å². The molecule has 1 nitrogen and oxygen atoms in total. The van der Waals surface area contributed by atoms with E-state index in [-0.39, 0.29) is 5.78 Å². The average Bonchev–Trinajstić information content (AvgIpc) is 1.98. The number of carbonyl (C=O) groups excluding carboxylic acids is 1. The fourth-order valence-electron chi connectivity index (χ4n) is 1.02. The molecule has 0 fully saturated rings. The molecule has 0 aromatic heterocycles. The number of carbonyl (C=O) groups is 1. The zero-order valence-electron chi connectivity index (χ0n) is 6.46. The van der Waals surface area contributed by atoms with Crippen LogP contribution in [0.3, 0.4) is 0 Å². The molecule has 1 rings (SSSR count). The lowest BCUT2D eigenvalue weighted by Gasteiger charge is -2.06. The molecule has 0 saturated heterocycles. The minimum Gasteiger partial charge on any atom is -0.290 e. The van der Waals surface area contributed by atoms with Gasteiger partial charge in [-0.05, 0) is 30.2 Å². The van der Waals surface area contributed by atoms with Crippen molar-refractivity contribution in [2.45, 2.75) is 19.8 Å². The summed E-state index contributed by atoms with van der Waals surface area (Å²) in [5, 5.41) is 0. The van der Waals surface area contributed by atoms with Crippen LogP contribution in [0, 0.1) is 0 Å². The quantitative estimate of drug-likeness (QED) is 0.585. The molecule has 0 aliphatic heterocycles. The van der Waals surface area contributed by atoms with E-state index in [1.807, 2.05) is 0 Å². The Kier molecular flexibility index (Phi) is 2.71. The lowest BCUT2D eigenvalue weighted by molar-refractivity contribution is -0.110. The molecule has 0 aromatic rings. The first kappa shape index (κ1) is 8.34. The summed E-state index contributed by atoms with van der Waals surface area (Å²) in [6.45, 7) is 2.08. The average molecular weight is 166 g/mol. The lowest BCUT2D eigenvalue weighted by atomic mass is 10.0. The minimum atomic E-state index is 0.0575. The van der Waals surface area contributed by atoms with E-state index in [1.165, 1.54) is 6.08 Å². The van der Waals surface area contributed by atoms with Crippen LogP contribution >= 0.6 is 12.2 Å². The summed E-state index contributed by atoms with van der Waals surface area (Å²) in [5.74, 6) is 0.0575. The van der Waals surface area contributed by atoms with Gasteiger partial charge in [0, 0.05) is 4.86 Å². The van der Waals surface area contributed by atoms with Crippen molar-refractivity contribution in [3.05, 3.63) is 23.8 Å². The van der Waals surface area contributed by atoms with Gasteiger partial charge in [-0.25, -0.2) is 0 Å². The first-order chi connectivity index (χ1) is 5.24. The van der Waals surface area contributed by atoms with E-state index in [4.69, 9.17) is 12.2 Å². The Hall–Kier alpha value is -0.760. The van der Waals surface area contributed by atoms with Crippen LogP contribution in [0.4, 0.5) is 0 Å². The standard InChI is InChI=1S/C9H10OS/c1-2-3-7-6-8(10)4-5-9(7)11/h4-6H,2-3H2,1H3. The Morgan fingerprint density at radius 2 is 2.18 bits per heavy atom. The molecule has 58 valence electrons. The summed E-state index contributed by atoms with van der Waals surface area (Å²) in [7, 11) is 0. The minimum absolute atomic E-state index is 0.0575. The van der Waals surface area contributed by atoms with Gasteiger partial charge in [-0.2, -0.15) is 0 Å². The number of hydrogen-bond donors (Lipinski definition) is 0. The molecule has 0 N–H and O–H groups in total. The van der Waals surface area contributed by atoms with Gasteiger partial charge in [0.25, 0.3) is 0 Å². The molecular formula is C9H10OS. The molecule has 0 amide bonds. The van der Waals surface area contributed by atoms with Gasteiger partial charge in [-0.1, -0.05) is 25.6 Å². The maximum atomic E-state index is 10.9. The smallest absolute Gasteiger partial charge is 0.179 e. The monoisotopic (exact) mass is 166 g/mol. The van der Waals surface area contributed by atoms with Crippen LogP contribution in [-0.4, -0.2) is 10.6 Å². The molecule has 11 heavy (non-hydrogen) atoms. The summed E-state index contributed by atoms with van der Waals surface area (Å²) in [6.07, 6.45) is 6.80. The molecule has 0 heterocycles. The predicted octanol–water partition coefficient (Wildman–Crippen LogP) is 2.22. The third kappa shape index (κ3) is 2.09. The van der Waals surface area contributed by atoms with Crippen LogP contribution in [0.15, 0.2) is 23.8 Å². The Bertz CT molecular complexity index is 248. The molecule has 0 radical (unpaired) electrons. The summed E-state index contributed by atoms with van der Waals surface area (Å²) in [4.78, 5) is 11.7. The zero-order valence-corrected chi connectivity index (χ0v) is 7.28. The van der Waals surface area contributed by atoms with Crippen LogP contribution in [0.2, 0.25) is 0 Å². The summed E-state index contributed by atoms with van der Waals surface area (Å²) < 4.78 is 0. The van der Waals surface area contributed by atoms with Crippen molar-refractivity contribution in [1.82, 2.24) is 0 Å². The highest BCUT2D eigenvalue weighted by atomic mass is 32.1. The summed E-state index contributed by atoms with van der Waals surface area (Å²) >= 11 is 5.04. The number of ketones is 1. The molecule has 0 spiro atoms. The van der Waals surface area contributed by atoms with Crippen molar-refractivity contribution in [3.8, 4) is 0 Å². The van der Waals surface area contributed by atoms with Gasteiger partial charge in [-0.3, -0.25) is 4.79 Å².